The molecule has 0 spiro atoms. The zero-order valence-corrected chi connectivity index (χ0v) is 14.1. The molecule has 0 aliphatic heterocycles. The van der Waals surface area contributed by atoms with Gasteiger partial charge in [-0.1, -0.05) is 18.5 Å². The Labute approximate surface area is 127 Å². The monoisotopic (exact) mass is 302 g/mol. The molecule has 5 nitrogen and oxygen atoms in total. The van der Waals surface area contributed by atoms with Crippen LogP contribution in [-0.2, 0) is 6.54 Å². The van der Waals surface area contributed by atoms with E-state index >= 15 is 0 Å². The quantitative estimate of drug-likeness (QED) is 0.835. The summed E-state index contributed by atoms with van der Waals surface area (Å²) in [6.07, 6.45) is 1.75. The molecule has 0 aromatic carbocycles. The lowest BCUT2D eigenvalue weighted by molar-refractivity contribution is -0.00455. The molecule has 0 bridgehead atoms. The second-order valence-electron chi connectivity index (χ2n) is 5.91. The third-order valence-electron chi connectivity index (χ3n) is 4.18. The number of likely N-dealkylation sites (N-methyl/N-ethyl adjacent to an activating group) is 2. The van der Waals surface area contributed by atoms with Gasteiger partial charge in [-0.15, -0.1) is 0 Å². The van der Waals surface area contributed by atoms with Gasteiger partial charge in [0.25, 0.3) is 0 Å². The first-order valence-corrected chi connectivity index (χ1v) is 7.33. The molecule has 0 saturated heterocycles. The average molecular weight is 303 g/mol. The number of hydrogen-bond acceptors (Lipinski definition) is 4. The number of nitrogens with zero attached hydrogens (tertiary/aromatic N) is 4. The van der Waals surface area contributed by atoms with E-state index in [4.69, 9.17) is 11.6 Å². The van der Waals surface area contributed by atoms with Crippen LogP contribution in [0.3, 0.4) is 0 Å². The van der Waals surface area contributed by atoms with Gasteiger partial charge in [0.15, 0.2) is 0 Å². The summed E-state index contributed by atoms with van der Waals surface area (Å²) in [4.78, 5) is 4.12. The fourth-order valence-electron chi connectivity index (χ4n) is 2.17. The van der Waals surface area contributed by atoms with Crippen LogP contribution in [-0.4, -0.2) is 65.0 Å². The van der Waals surface area contributed by atoms with Crippen LogP contribution in [0.15, 0.2) is 6.20 Å². The van der Waals surface area contributed by atoms with E-state index in [-0.39, 0.29) is 5.54 Å². The zero-order valence-electron chi connectivity index (χ0n) is 13.4. The minimum absolute atomic E-state index is 0.375. The summed E-state index contributed by atoms with van der Waals surface area (Å²) < 4.78 is 1.81. The Morgan fingerprint density at radius 1 is 1.40 bits per heavy atom. The summed E-state index contributed by atoms with van der Waals surface area (Å²) >= 11 is 6.25. The number of hydrogen-bond donors (Lipinski definition) is 1. The third kappa shape index (κ3) is 3.52. The highest BCUT2D eigenvalue weighted by molar-refractivity contribution is 6.31. The molecule has 0 amide bonds. The van der Waals surface area contributed by atoms with E-state index in [1.165, 1.54) is 0 Å². The molecule has 1 rings (SSSR count). The molecule has 20 heavy (non-hydrogen) atoms. The van der Waals surface area contributed by atoms with E-state index in [1.54, 1.807) is 6.20 Å². The Kier molecular flexibility index (Phi) is 6.01. The fourth-order valence-corrected chi connectivity index (χ4v) is 2.41. The number of aromatic nitrogens is 2. The van der Waals surface area contributed by atoms with E-state index in [1.807, 2.05) is 44.7 Å². The minimum atomic E-state index is -0.681. The van der Waals surface area contributed by atoms with Gasteiger partial charge in [0.1, 0.15) is 6.10 Å². The molecule has 1 N–H and O–H groups in total. The van der Waals surface area contributed by atoms with Gasteiger partial charge in [-0.05, 0) is 41.5 Å². The summed E-state index contributed by atoms with van der Waals surface area (Å²) in [6.45, 7) is 5.66. The second kappa shape index (κ2) is 6.89. The summed E-state index contributed by atoms with van der Waals surface area (Å²) in [6, 6.07) is 0. The van der Waals surface area contributed by atoms with Crippen LogP contribution in [0, 0.1) is 0 Å². The molecule has 6 heteroatoms. The van der Waals surface area contributed by atoms with Crippen LogP contribution in [0.2, 0.25) is 5.02 Å². The van der Waals surface area contributed by atoms with Crippen LogP contribution in [0.1, 0.15) is 32.1 Å². The summed E-state index contributed by atoms with van der Waals surface area (Å²) in [5, 5.41) is 15.6. The predicted molar refractivity (Wildman–Crippen MR) is 83.1 cm³/mol. The topological polar surface area (TPSA) is 44.5 Å². The van der Waals surface area contributed by atoms with Gasteiger partial charge in [-0.2, -0.15) is 5.10 Å². The van der Waals surface area contributed by atoms with Crippen molar-refractivity contribution >= 4 is 11.6 Å². The first kappa shape index (κ1) is 17.4. The van der Waals surface area contributed by atoms with Crippen molar-refractivity contribution in [3.05, 3.63) is 16.9 Å². The highest BCUT2D eigenvalue weighted by Gasteiger charge is 2.37. The molecule has 1 aromatic rings. The van der Waals surface area contributed by atoms with E-state index in [0.29, 0.717) is 17.3 Å². The van der Waals surface area contributed by atoms with Gasteiger partial charge < -0.3 is 14.9 Å². The van der Waals surface area contributed by atoms with Crippen molar-refractivity contribution in [1.82, 2.24) is 19.6 Å². The highest BCUT2D eigenvalue weighted by atomic mass is 35.5. The maximum absolute atomic E-state index is 10.8. The Morgan fingerprint density at radius 3 is 2.45 bits per heavy atom. The third-order valence-corrected chi connectivity index (χ3v) is 4.47. The normalized spacial score (nSPS) is 16.7. The molecule has 1 heterocycles. The van der Waals surface area contributed by atoms with Crippen molar-refractivity contribution in [3.63, 3.8) is 0 Å². The summed E-state index contributed by atoms with van der Waals surface area (Å²) in [7, 11) is 7.97. The predicted octanol–water partition coefficient (Wildman–Crippen LogP) is 1.86. The van der Waals surface area contributed by atoms with Crippen molar-refractivity contribution in [2.24, 2.45) is 0 Å². The molecular weight excluding hydrogens is 276 g/mol. The molecule has 0 fully saturated rings. The highest BCUT2D eigenvalue weighted by Crippen LogP contribution is 2.35. The van der Waals surface area contributed by atoms with Crippen molar-refractivity contribution in [2.75, 3.05) is 34.7 Å². The standard InChI is InChI=1S/C14H27ClN4O/c1-7-14(2,18(5)6)13(20)12-11(15)10-16-19(12)9-8-17(3)4/h10,13,20H,7-9H2,1-6H3. The van der Waals surface area contributed by atoms with Crippen molar-refractivity contribution in [2.45, 2.75) is 38.5 Å². The molecule has 1 aromatic heterocycles. The number of halogens is 1. The lowest BCUT2D eigenvalue weighted by Crippen LogP contribution is -2.46. The Balaban J connectivity index is 3.08. The van der Waals surface area contributed by atoms with E-state index < -0.39 is 6.10 Å². The van der Waals surface area contributed by atoms with Gasteiger partial charge in [0.05, 0.1) is 23.5 Å². The van der Waals surface area contributed by atoms with Gasteiger partial charge in [-0.3, -0.25) is 4.68 Å². The smallest absolute Gasteiger partial charge is 0.115 e. The van der Waals surface area contributed by atoms with Crippen LogP contribution in [0.25, 0.3) is 0 Å². The molecule has 0 radical (unpaired) electrons. The van der Waals surface area contributed by atoms with Gasteiger partial charge in [0.2, 0.25) is 0 Å². The first-order chi connectivity index (χ1) is 9.24. The Hall–Kier alpha value is -0.620. The molecule has 116 valence electrons. The molecule has 2 unspecified atom stereocenters. The van der Waals surface area contributed by atoms with Crippen LogP contribution in [0.5, 0.6) is 0 Å². The second-order valence-corrected chi connectivity index (χ2v) is 6.32. The molecule has 2 atom stereocenters. The van der Waals surface area contributed by atoms with Crippen LogP contribution in [0.4, 0.5) is 0 Å². The number of aliphatic hydroxyl groups excluding tert-OH is 1. The van der Waals surface area contributed by atoms with E-state index in [9.17, 15) is 5.11 Å². The maximum atomic E-state index is 10.8. The number of aliphatic hydroxyl groups is 1. The maximum Gasteiger partial charge on any atom is 0.115 e. The molecule has 0 aliphatic carbocycles. The van der Waals surface area contributed by atoms with Crippen molar-refractivity contribution < 1.29 is 5.11 Å². The van der Waals surface area contributed by atoms with E-state index in [0.717, 1.165) is 13.0 Å². The Bertz CT molecular complexity index is 433. The first-order valence-electron chi connectivity index (χ1n) is 6.95. The molecular formula is C14H27ClN4O. The van der Waals surface area contributed by atoms with Crippen LogP contribution >= 0.6 is 11.6 Å². The van der Waals surface area contributed by atoms with Gasteiger partial charge in [-0.25, -0.2) is 0 Å². The van der Waals surface area contributed by atoms with Crippen molar-refractivity contribution in [3.8, 4) is 0 Å². The SMILES string of the molecule is CCC(C)(C(O)c1c(Cl)cnn1CCN(C)C)N(C)C. The minimum Gasteiger partial charge on any atom is -0.385 e. The van der Waals surface area contributed by atoms with E-state index in [2.05, 4.69) is 16.9 Å². The fraction of sp³-hybridized carbons (Fsp3) is 0.786. The lowest BCUT2D eigenvalue weighted by Gasteiger charge is -2.40. The lowest BCUT2D eigenvalue weighted by atomic mass is 9.88. The molecule has 0 aliphatic rings. The van der Waals surface area contributed by atoms with Crippen molar-refractivity contribution in [1.29, 1.82) is 0 Å². The summed E-state index contributed by atoms with van der Waals surface area (Å²) in [5.74, 6) is 0. The molecule has 0 saturated carbocycles. The number of rotatable bonds is 7. The Morgan fingerprint density at radius 2 is 2.00 bits per heavy atom. The van der Waals surface area contributed by atoms with Gasteiger partial charge >= 0.3 is 0 Å². The average Bonchev–Trinajstić information content (AvgIpc) is 2.75. The summed E-state index contributed by atoms with van der Waals surface area (Å²) in [5.41, 5.74) is 0.325. The zero-order chi connectivity index (χ0) is 15.5. The van der Waals surface area contributed by atoms with Crippen LogP contribution < -0.4 is 0 Å². The van der Waals surface area contributed by atoms with Gasteiger partial charge in [0, 0.05) is 12.1 Å². The largest absolute Gasteiger partial charge is 0.385 e.